The van der Waals surface area contributed by atoms with Crippen molar-refractivity contribution < 1.29 is 0 Å². The normalized spacial score (nSPS) is 32.8. The van der Waals surface area contributed by atoms with Crippen LogP contribution in [0.4, 0.5) is 0 Å². The highest BCUT2D eigenvalue weighted by Gasteiger charge is 2.36. The number of piperidine rings is 1. The zero-order valence-corrected chi connectivity index (χ0v) is 11.9. The molecule has 0 amide bonds. The minimum Gasteiger partial charge on any atom is -0.317 e. The van der Waals surface area contributed by atoms with Crippen molar-refractivity contribution in [2.75, 3.05) is 32.7 Å². The van der Waals surface area contributed by atoms with Crippen molar-refractivity contribution in [3.8, 4) is 0 Å². The van der Waals surface area contributed by atoms with Gasteiger partial charge in [-0.1, -0.05) is 6.92 Å². The molecule has 3 heteroatoms. The molecule has 2 aliphatic heterocycles. The van der Waals surface area contributed by atoms with Crippen molar-refractivity contribution in [3.05, 3.63) is 0 Å². The van der Waals surface area contributed by atoms with Crippen LogP contribution in [0.25, 0.3) is 0 Å². The summed E-state index contributed by atoms with van der Waals surface area (Å²) in [5, 5.41) is 7.38. The van der Waals surface area contributed by atoms with Gasteiger partial charge in [-0.25, -0.2) is 0 Å². The molecule has 3 rings (SSSR count). The molecule has 3 aliphatic rings. The van der Waals surface area contributed by atoms with Gasteiger partial charge in [0.05, 0.1) is 0 Å². The molecule has 0 aromatic heterocycles. The number of likely N-dealkylation sites (tertiary alicyclic amines) is 1. The van der Waals surface area contributed by atoms with E-state index >= 15 is 0 Å². The summed E-state index contributed by atoms with van der Waals surface area (Å²) in [5.41, 5.74) is 0.582. The average molecular weight is 251 g/mol. The lowest BCUT2D eigenvalue weighted by molar-refractivity contribution is 0.178. The van der Waals surface area contributed by atoms with Gasteiger partial charge >= 0.3 is 0 Å². The van der Waals surface area contributed by atoms with Crippen LogP contribution in [-0.2, 0) is 0 Å². The Morgan fingerprint density at radius 2 is 2.00 bits per heavy atom. The first-order valence-corrected chi connectivity index (χ1v) is 7.99. The van der Waals surface area contributed by atoms with Gasteiger partial charge in [0.25, 0.3) is 0 Å². The lowest BCUT2D eigenvalue weighted by atomic mass is 9.76. The van der Waals surface area contributed by atoms with E-state index in [1.165, 1.54) is 71.2 Å². The zero-order chi connectivity index (χ0) is 12.4. The topological polar surface area (TPSA) is 27.3 Å². The van der Waals surface area contributed by atoms with Crippen LogP contribution in [0.15, 0.2) is 0 Å². The van der Waals surface area contributed by atoms with Gasteiger partial charge in [0, 0.05) is 31.7 Å². The maximum absolute atomic E-state index is 3.89. The third kappa shape index (κ3) is 2.89. The first-order valence-electron chi connectivity index (χ1n) is 7.99. The summed E-state index contributed by atoms with van der Waals surface area (Å²) >= 11 is 0. The van der Waals surface area contributed by atoms with Gasteiger partial charge in [0.1, 0.15) is 0 Å². The van der Waals surface area contributed by atoms with Crippen LogP contribution in [0, 0.1) is 5.41 Å². The fourth-order valence-electron chi connectivity index (χ4n) is 3.70. The Balaban J connectivity index is 1.45. The molecular weight excluding hydrogens is 222 g/mol. The van der Waals surface area contributed by atoms with Gasteiger partial charge in [-0.2, -0.15) is 0 Å². The van der Waals surface area contributed by atoms with Crippen molar-refractivity contribution in [1.29, 1.82) is 0 Å². The molecule has 1 unspecified atom stereocenters. The molecule has 2 saturated heterocycles. The molecular formula is C15H29N3. The molecule has 1 atom stereocenters. The van der Waals surface area contributed by atoms with Crippen LogP contribution in [-0.4, -0.2) is 49.7 Å². The summed E-state index contributed by atoms with van der Waals surface area (Å²) < 4.78 is 0. The summed E-state index contributed by atoms with van der Waals surface area (Å²) in [6, 6.07) is 1.72. The molecule has 1 saturated carbocycles. The summed E-state index contributed by atoms with van der Waals surface area (Å²) in [7, 11) is 0. The summed E-state index contributed by atoms with van der Waals surface area (Å²) in [4.78, 5) is 2.71. The molecule has 0 radical (unpaired) electrons. The Bertz CT molecular complexity index is 269. The minimum absolute atomic E-state index is 0.582. The molecule has 104 valence electrons. The number of hydrogen-bond donors (Lipinski definition) is 2. The van der Waals surface area contributed by atoms with Gasteiger partial charge in [0.15, 0.2) is 0 Å². The maximum Gasteiger partial charge on any atom is 0.0207 e. The van der Waals surface area contributed by atoms with E-state index in [-0.39, 0.29) is 0 Å². The maximum atomic E-state index is 3.89. The Kier molecular flexibility index (Phi) is 3.92. The van der Waals surface area contributed by atoms with Crippen LogP contribution in [0.3, 0.4) is 0 Å². The standard InChI is InChI=1S/C15H29N3/c1-2-15(6-8-16-9-7-15)12-17-13-5-10-18(11-13)14-3-4-14/h13-14,16-17H,2-12H2,1H3. The van der Waals surface area contributed by atoms with E-state index in [0.29, 0.717) is 5.41 Å². The lowest BCUT2D eigenvalue weighted by Gasteiger charge is -2.38. The number of nitrogens with one attached hydrogen (secondary N) is 2. The highest BCUT2D eigenvalue weighted by molar-refractivity contribution is 4.93. The van der Waals surface area contributed by atoms with Crippen LogP contribution in [0.1, 0.15) is 45.4 Å². The van der Waals surface area contributed by atoms with Crippen LogP contribution < -0.4 is 10.6 Å². The van der Waals surface area contributed by atoms with E-state index in [9.17, 15) is 0 Å². The van der Waals surface area contributed by atoms with E-state index < -0.39 is 0 Å². The summed E-state index contributed by atoms with van der Waals surface area (Å²) in [5.74, 6) is 0. The first kappa shape index (κ1) is 12.9. The summed E-state index contributed by atoms with van der Waals surface area (Å²) in [6.07, 6.45) is 8.33. The number of nitrogens with zero attached hydrogens (tertiary/aromatic N) is 1. The molecule has 18 heavy (non-hydrogen) atoms. The minimum atomic E-state index is 0.582. The van der Waals surface area contributed by atoms with E-state index in [4.69, 9.17) is 0 Å². The predicted molar refractivity (Wildman–Crippen MR) is 75.8 cm³/mol. The highest BCUT2D eigenvalue weighted by atomic mass is 15.2. The quantitative estimate of drug-likeness (QED) is 0.777. The first-order chi connectivity index (χ1) is 8.81. The second-order valence-corrected chi connectivity index (χ2v) is 6.70. The van der Waals surface area contributed by atoms with Crippen molar-refractivity contribution in [2.24, 2.45) is 5.41 Å². The van der Waals surface area contributed by atoms with Crippen LogP contribution in [0.5, 0.6) is 0 Å². The Hall–Kier alpha value is -0.120. The third-order valence-electron chi connectivity index (χ3n) is 5.46. The van der Waals surface area contributed by atoms with Gasteiger partial charge in [-0.15, -0.1) is 0 Å². The van der Waals surface area contributed by atoms with Crippen LogP contribution >= 0.6 is 0 Å². The smallest absolute Gasteiger partial charge is 0.0207 e. The molecule has 1 aliphatic carbocycles. The Labute approximate surface area is 112 Å². The lowest BCUT2D eigenvalue weighted by Crippen LogP contribution is -2.46. The van der Waals surface area contributed by atoms with Gasteiger partial charge in [-0.05, 0) is 57.0 Å². The van der Waals surface area contributed by atoms with Crippen molar-refractivity contribution in [1.82, 2.24) is 15.5 Å². The van der Waals surface area contributed by atoms with Crippen molar-refractivity contribution >= 4 is 0 Å². The second-order valence-electron chi connectivity index (χ2n) is 6.70. The fourth-order valence-corrected chi connectivity index (χ4v) is 3.70. The molecule has 2 N–H and O–H groups in total. The highest BCUT2D eigenvalue weighted by Crippen LogP contribution is 2.33. The van der Waals surface area contributed by atoms with E-state index in [1.54, 1.807) is 0 Å². The zero-order valence-electron chi connectivity index (χ0n) is 11.9. The molecule has 0 bridgehead atoms. The van der Waals surface area contributed by atoms with Gasteiger partial charge < -0.3 is 10.6 Å². The van der Waals surface area contributed by atoms with E-state index in [2.05, 4.69) is 22.5 Å². The largest absolute Gasteiger partial charge is 0.317 e. The third-order valence-corrected chi connectivity index (χ3v) is 5.46. The summed E-state index contributed by atoms with van der Waals surface area (Å²) in [6.45, 7) is 8.70. The molecule has 3 nitrogen and oxygen atoms in total. The molecule has 0 spiro atoms. The van der Waals surface area contributed by atoms with Crippen molar-refractivity contribution in [3.63, 3.8) is 0 Å². The van der Waals surface area contributed by atoms with Gasteiger partial charge in [0.2, 0.25) is 0 Å². The predicted octanol–water partition coefficient (Wildman–Crippen LogP) is 1.59. The fraction of sp³-hybridized carbons (Fsp3) is 1.00. The second kappa shape index (κ2) is 5.48. The van der Waals surface area contributed by atoms with Crippen molar-refractivity contribution in [2.45, 2.75) is 57.5 Å². The number of hydrogen-bond acceptors (Lipinski definition) is 3. The van der Waals surface area contributed by atoms with Crippen LogP contribution in [0.2, 0.25) is 0 Å². The average Bonchev–Trinajstić information content (AvgIpc) is 3.17. The monoisotopic (exact) mass is 251 g/mol. The van der Waals surface area contributed by atoms with Gasteiger partial charge in [-0.3, -0.25) is 4.90 Å². The van der Waals surface area contributed by atoms with E-state index in [1.807, 2.05) is 0 Å². The van der Waals surface area contributed by atoms with E-state index in [0.717, 1.165) is 12.1 Å². The number of rotatable bonds is 5. The molecule has 0 aromatic carbocycles. The molecule has 0 aromatic rings. The molecule has 2 heterocycles. The Morgan fingerprint density at radius 3 is 2.67 bits per heavy atom. The molecule has 3 fully saturated rings. The SMILES string of the molecule is CCC1(CNC2CCN(C3CC3)C2)CCNCC1. The Morgan fingerprint density at radius 1 is 1.22 bits per heavy atom.